The van der Waals surface area contributed by atoms with Crippen molar-refractivity contribution in [3.05, 3.63) is 24.3 Å². The molecule has 0 spiro atoms. The van der Waals surface area contributed by atoms with Crippen LogP contribution < -0.4 is 5.32 Å². The minimum Gasteiger partial charge on any atom is -0.350 e. The average molecular weight is 394 g/mol. The molecule has 28 heavy (non-hydrogen) atoms. The second kappa shape index (κ2) is 16.5. The van der Waals surface area contributed by atoms with Crippen molar-refractivity contribution in [3.8, 4) is 0 Å². The van der Waals surface area contributed by atoms with Gasteiger partial charge in [0.2, 0.25) is 5.91 Å². The predicted molar refractivity (Wildman–Crippen MR) is 119 cm³/mol. The van der Waals surface area contributed by atoms with E-state index in [9.17, 15) is 9.59 Å². The number of carbonyl (C=O) groups is 2. The Balaban J connectivity index is 0.000000483. The third-order valence-electron chi connectivity index (χ3n) is 4.43. The third-order valence-corrected chi connectivity index (χ3v) is 4.43. The monoisotopic (exact) mass is 393 g/mol. The molecule has 2 aliphatic heterocycles. The van der Waals surface area contributed by atoms with Crippen molar-refractivity contribution in [1.82, 2.24) is 15.1 Å². The highest BCUT2D eigenvalue weighted by molar-refractivity contribution is 5.91. The first-order chi connectivity index (χ1) is 13.4. The van der Waals surface area contributed by atoms with Crippen LogP contribution in [0.15, 0.2) is 24.3 Å². The lowest BCUT2D eigenvalue weighted by atomic mass is 10.1. The summed E-state index contributed by atoms with van der Waals surface area (Å²) >= 11 is 0. The zero-order chi connectivity index (χ0) is 21.4. The summed E-state index contributed by atoms with van der Waals surface area (Å²) in [5, 5.41) is 2.82. The second-order valence-electron chi connectivity index (χ2n) is 7.69. The maximum absolute atomic E-state index is 11.2. The first kappa shape index (κ1) is 26.5. The Morgan fingerprint density at radius 2 is 1.29 bits per heavy atom. The van der Waals surface area contributed by atoms with Crippen LogP contribution in [0, 0.1) is 5.92 Å². The Morgan fingerprint density at radius 1 is 0.821 bits per heavy atom. The van der Waals surface area contributed by atoms with Crippen molar-refractivity contribution in [2.24, 2.45) is 5.92 Å². The van der Waals surface area contributed by atoms with Crippen molar-refractivity contribution in [2.75, 3.05) is 39.3 Å². The number of nitrogens with one attached hydrogen (secondary N) is 1. The fourth-order valence-corrected chi connectivity index (χ4v) is 2.68. The highest BCUT2D eigenvalue weighted by Gasteiger charge is 2.11. The summed E-state index contributed by atoms with van der Waals surface area (Å²) in [6.45, 7) is 18.4. The lowest BCUT2D eigenvalue weighted by Gasteiger charge is -2.29. The maximum Gasteiger partial charge on any atom is 0.243 e. The summed E-state index contributed by atoms with van der Waals surface area (Å²) in [5.41, 5.74) is 0. The molecule has 1 amide bonds. The van der Waals surface area contributed by atoms with Crippen molar-refractivity contribution >= 4 is 11.7 Å². The van der Waals surface area contributed by atoms with E-state index in [0.717, 1.165) is 13.1 Å². The van der Waals surface area contributed by atoms with E-state index in [1.807, 2.05) is 53.7 Å². The van der Waals surface area contributed by atoms with Crippen LogP contribution in [0.3, 0.4) is 0 Å². The van der Waals surface area contributed by atoms with Crippen LogP contribution in [0.4, 0.5) is 0 Å². The largest absolute Gasteiger partial charge is 0.350 e. The molecule has 0 aromatic heterocycles. The summed E-state index contributed by atoms with van der Waals surface area (Å²) in [6, 6.07) is 0.221. The Kier molecular flexibility index (Phi) is 15.6. The topological polar surface area (TPSA) is 52.7 Å². The van der Waals surface area contributed by atoms with Gasteiger partial charge in [-0.2, -0.15) is 0 Å². The molecule has 1 N–H and O–H groups in total. The molecule has 2 heterocycles. The SMILES string of the molecule is CC.CC(C)C(=O)/C=C/CN1CCC1.CC(C)NC(=O)/C=C/CN1CCCC1. The summed E-state index contributed by atoms with van der Waals surface area (Å²) < 4.78 is 0. The Labute approximate surface area is 173 Å². The van der Waals surface area contributed by atoms with Crippen LogP contribution in [-0.4, -0.2) is 66.8 Å². The van der Waals surface area contributed by atoms with Crippen LogP contribution in [0.5, 0.6) is 0 Å². The highest BCUT2D eigenvalue weighted by Crippen LogP contribution is 2.06. The van der Waals surface area contributed by atoms with E-state index in [2.05, 4.69) is 15.1 Å². The van der Waals surface area contributed by atoms with Crippen molar-refractivity contribution in [2.45, 2.75) is 66.8 Å². The molecule has 0 aromatic carbocycles. The summed E-state index contributed by atoms with van der Waals surface area (Å²) in [4.78, 5) is 27.0. The average Bonchev–Trinajstić information content (AvgIpc) is 3.12. The minimum absolute atomic E-state index is 0.0131. The minimum atomic E-state index is 0.0131. The lowest BCUT2D eigenvalue weighted by molar-refractivity contribution is -0.117. The number of hydrogen-bond donors (Lipinski definition) is 1. The van der Waals surface area contributed by atoms with Crippen molar-refractivity contribution in [1.29, 1.82) is 0 Å². The molecule has 2 saturated heterocycles. The summed E-state index contributed by atoms with van der Waals surface area (Å²) in [6.07, 6.45) is 11.2. The van der Waals surface area contributed by atoms with E-state index in [0.29, 0.717) is 0 Å². The zero-order valence-corrected chi connectivity index (χ0v) is 19.0. The van der Waals surface area contributed by atoms with E-state index in [4.69, 9.17) is 0 Å². The molecule has 0 aliphatic carbocycles. The third kappa shape index (κ3) is 13.7. The predicted octanol–water partition coefficient (Wildman–Crippen LogP) is 3.66. The first-order valence-electron chi connectivity index (χ1n) is 11.0. The van der Waals surface area contributed by atoms with Crippen molar-refractivity contribution in [3.63, 3.8) is 0 Å². The number of ketones is 1. The molecular weight excluding hydrogens is 350 g/mol. The Morgan fingerprint density at radius 3 is 1.68 bits per heavy atom. The van der Waals surface area contributed by atoms with Gasteiger partial charge in [0.25, 0.3) is 0 Å². The number of hydrogen-bond acceptors (Lipinski definition) is 4. The van der Waals surface area contributed by atoms with Gasteiger partial charge in [-0.15, -0.1) is 0 Å². The summed E-state index contributed by atoms with van der Waals surface area (Å²) in [7, 11) is 0. The van der Waals surface area contributed by atoms with Crippen LogP contribution in [-0.2, 0) is 9.59 Å². The van der Waals surface area contributed by atoms with Gasteiger partial charge in [0.05, 0.1) is 0 Å². The van der Waals surface area contributed by atoms with Gasteiger partial charge in [-0.25, -0.2) is 0 Å². The fourth-order valence-electron chi connectivity index (χ4n) is 2.68. The molecule has 2 fully saturated rings. The van der Waals surface area contributed by atoms with Gasteiger partial charge in [0.1, 0.15) is 0 Å². The van der Waals surface area contributed by atoms with E-state index < -0.39 is 0 Å². The molecule has 0 bridgehead atoms. The Hall–Kier alpha value is -1.46. The van der Waals surface area contributed by atoms with E-state index in [-0.39, 0.29) is 23.7 Å². The van der Waals surface area contributed by atoms with Gasteiger partial charge in [0, 0.05) is 31.1 Å². The van der Waals surface area contributed by atoms with Crippen LogP contribution >= 0.6 is 0 Å². The maximum atomic E-state index is 11.2. The van der Waals surface area contributed by atoms with Gasteiger partial charge in [-0.05, 0) is 65.4 Å². The van der Waals surface area contributed by atoms with E-state index in [1.54, 1.807) is 12.2 Å². The van der Waals surface area contributed by atoms with E-state index >= 15 is 0 Å². The fraction of sp³-hybridized carbons (Fsp3) is 0.739. The molecule has 0 unspecified atom stereocenters. The van der Waals surface area contributed by atoms with Crippen molar-refractivity contribution < 1.29 is 9.59 Å². The number of rotatable bonds is 8. The summed E-state index contributed by atoms with van der Waals surface area (Å²) in [5.74, 6) is 0.382. The van der Waals surface area contributed by atoms with Crippen LogP contribution in [0.25, 0.3) is 0 Å². The van der Waals surface area contributed by atoms with Gasteiger partial charge >= 0.3 is 0 Å². The number of allylic oxidation sites excluding steroid dienone is 1. The molecule has 2 aliphatic rings. The van der Waals surface area contributed by atoms with E-state index in [1.165, 1.54) is 45.4 Å². The van der Waals surface area contributed by atoms with Gasteiger partial charge < -0.3 is 5.32 Å². The van der Waals surface area contributed by atoms with Gasteiger partial charge in [0.15, 0.2) is 5.78 Å². The second-order valence-corrected chi connectivity index (χ2v) is 7.69. The van der Waals surface area contributed by atoms with Crippen LogP contribution in [0.1, 0.15) is 60.8 Å². The lowest BCUT2D eigenvalue weighted by Crippen LogP contribution is -2.37. The number of nitrogens with zero attached hydrogens (tertiary/aromatic N) is 2. The van der Waals surface area contributed by atoms with Crippen LogP contribution in [0.2, 0.25) is 0 Å². The highest BCUT2D eigenvalue weighted by atomic mass is 16.1. The molecule has 0 atom stereocenters. The quantitative estimate of drug-likeness (QED) is 0.640. The molecular formula is C23H43N3O2. The number of likely N-dealkylation sites (tertiary alicyclic amines) is 2. The van der Waals surface area contributed by atoms with Gasteiger partial charge in [-0.3, -0.25) is 19.4 Å². The normalized spacial score (nSPS) is 17.3. The smallest absolute Gasteiger partial charge is 0.243 e. The van der Waals surface area contributed by atoms with Gasteiger partial charge in [-0.1, -0.05) is 39.8 Å². The molecule has 5 nitrogen and oxygen atoms in total. The molecule has 0 aromatic rings. The number of amides is 1. The molecule has 2 rings (SSSR count). The Bertz CT molecular complexity index is 474. The molecule has 162 valence electrons. The zero-order valence-electron chi connectivity index (χ0n) is 19.0. The molecule has 0 saturated carbocycles. The standard InChI is InChI=1S/C11H20N2O.C10H17NO.C2H6/c1-10(2)12-11(14)6-5-9-13-7-3-4-8-13;1-9(2)10(12)5-3-6-11-7-4-8-11;1-2/h5-6,10H,3-4,7-9H2,1-2H3,(H,12,14);3,5,9H,4,6-8H2,1-2H3;1-2H3/b6-5+;5-3+;. The number of carbonyl (C=O) groups excluding carboxylic acids is 2. The first-order valence-corrected chi connectivity index (χ1v) is 11.0. The molecule has 5 heteroatoms. The molecule has 0 radical (unpaired) electrons.